The predicted octanol–water partition coefficient (Wildman–Crippen LogP) is 2.52. The SMILES string of the molecule is CCOC(=O)/C=C/CNCCCCC(C)C. The topological polar surface area (TPSA) is 38.3 Å². The van der Waals surface area contributed by atoms with Crippen molar-refractivity contribution in [3.05, 3.63) is 12.2 Å². The average Bonchev–Trinajstić information content (AvgIpc) is 2.22. The highest BCUT2D eigenvalue weighted by molar-refractivity contribution is 5.81. The average molecular weight is 227 g/mol. The molecule has 0 spiro atoms. The van der Waals surface area contributed by atoms with Crippen molar-refractivity contribution >= 4 is 5.97 Å². The molecule has 3 nitrogen and oxygen atoms in total. The Balaban J connectivity index is 3.23. The molecule has 0 bridgehead atoms. The molecule has 0 aromatic heterocycles. The number of esters is 1. The van der Waals surface area contributed by atoms with E-state index in [9.17, 15) is 4.79 Å². The highest BCUT2D eigenvalue weighted by atomic mass is 16.5. The van der Waals surface area contributed by atoms with Gasteiger partial charge in [0.15, 0.2) is 0 Å². The minimum atomic E-state index is -0.260. The van der Waals surface area contributed by atoms with Crippen molar-refractivity contribution in [2.45, 2.75) is 40.0 Å². The lowest BCUT2D eigenvalue weighted by Crippen LogP contribution is -2.15. The summed E-state index contributed by atoms with van der Waals surface area (Å²) in [5, 5.41) is 3.26. The van der Waals surface area contributed by atoms with E-state index in [0.717, 1.165) is 19.0 Å². The minimum absolute atomic E-state index is 0.260. The number of hydrogen-bond acceptors (Lipinski definition) is 3. The van der Waals surface area contributed by atoms with Gasteiger partial charge in [0.1, 0.15) is 0 Å². The Hall–Kier alpha value is -0.830. The molecule has 0 heterocycles. The van der Waals surface area contributed by atoms with Crippen LogP contribution in [0.3, 0.4) is 0 Å². The first-order chi connectivity index (χ1) is 7.66. The summed E-state index contributed by atoms with van der Waals surface area (Å²) in [4.78, 5) is 10.9. The quantitative estimate of drug-likeness (QED) is 0.374. The lowest BCUT2D eigenvalue weighted by molar-refractivity contribution is -0.137. The molecule has 0 rings (SSSR count). The molecule has 0 radical (unpaired) electrons. The summed E-state index contributed by atoms with van der Waals surface area (Å²) >= 11 is 0. The molecule has 0 aliphatic heterocycles. The summed E-state index contributed by atoms with van der Waals surface area (Å²) in [5.41, 5.74) is 0. The fourth-order valence-electron chi connectivity index (χ4n) is 1.33. The van der Waals surface area contributed by atoms with Crippen LogP contribution in [0.15, 0.2) is 12.2 Å². The maximum absolute atomic E-state index is 10.9. The summed E-state index contributed by atoms with van der Waals surface area (Å²) in [7, 11) is 0. The molecule has 0 saturated carbocycles. The van der Waals surface area contributed by atoms with Crippen molar-refractivity contribution in [2.75, 3.05) is 19.7 Å². The Kier molecular flexibility index (Phi) is 10.1. The number of rotatable bonds is 9. The van der Waals surface area contributed by atoms with Gasteiger partial charge in [-0.25, -0.2) is 4.79 Å². The zero-order valence-corrected chi connectivity index (χ0v) is 10.8. The second-order valence-corrected chi connectivity index (χ2v) is 4.25. The Bertz CT molecular complexity index is 200. The number of hydrogen-bond donors (Lipinski definition) is 1. The lowest BCUT2D eigenvalue weighted by Gasteiger charge is -2.04. The first-order valence-corrected chi connectivity index (χ1v) is 6.20. The van der Waals surface area contributed by atoms with Crippen molar-refractivity contribution in [2.24, 2.45) is 5.92 Å². The highest BCUT2D eigenvalue weighted by Crippen LogP contribution is 2.04. The summed E-state index contributed by atoms with van der Waals surface area (Å²) in [6, 6.07) is 0. The van der Waals surface area contributed by atoms with Crippen molar-refractivity contribution in [1.29, 1.82) is 0 Å². The van der Waals surface area contributed by atoms with Gasteiger partial charge in [-0.05, 0) is 25.8 Å². The van der Waals surface area contributed by atoms with Gasteiger partial charge in [0.05, 0.1) is 6.61 Å². The van der Waals surface area contributed by atoms with Gasteiger partial charge >= 0.3 is 5.97 Å². The molecule has 0 fully saturated rings. The van der Waals surface area contributed by atoms with Crippen LogP contribution in [0.25, 0.3) is 0 Å². The summed E-state index contributed by atoms with van der Waals surface area (Å²) in [5.74, 6) is 0.535. The van der Waals surface area contributed by atoms with E-state index >= 15 is 0 Å². The zero-order valence-electron chi connectivity index (χ0n) is 10.8. The van der Waals surface area contributed by atoms with Crippen LogP contribution in [0.4, 0.5) is 0 Å². The third kappa shape index (κ3) is 11.2. The number of carbonyl (C=O) groups is 1. The van der Waals surface area contributed by atoms with E-state index < -0.39 is 0 Å². The van der Waals surface area contributed by atoms with Gasteiger partial charge in [0.25, 0.3) is 0 Å². The normalized spacial score (nSPS) is 11.2. The van der Waals surface area contributed by atoms with E-state index in [1.165, 1.54) is 25.3 Å². The number of ether oxygens (including phenoxy) is 1. The Labute approximate surface area is 99.3 Å². The monoisotopic (exact) mass is 227 g/mol. The van der Waals surface area contributed by atoms with E-state index in [1.54, 1.807) is 13.0 Å². The molecule has 0 aromatic carbocycles. The Morgan fingerprint density at radius 2 is 2.12 bits per heavy atom. The highest BCUT2D eigenvalue weighted by Gasteiger charge is 1.94. The van der Waals surface area contributed by atoms with Gasteiger partial charge in [-0.15, -0.1) is 0 Å². The van der Waals surface area contributed by atoms with Crippen molar-refractivity contribution < 1.29 is 9.53 Å². The maximum atomic E-state index is 10.9. The van der Waals surface area contributed by atoms with Crippen molar-refractivity contribution in [1.82, 2.24) is 5.32 Å². The molecule has 0 aliphatic rings. The van der Waals surface area contributed by atoms with Gasteiger partial charge in [-0.3, -0.25) is 0 Å². The molecule has 0 aromatic rings. The molecule has 0 aliphatic carbocycles. The van der Waals surface area contributed by atoms with Crippen LogP contribution in [-0.2, 0) is 9.53 Å². The third-order valence-electron chi connectivity index (χ3n) is 2.19. The van der Waals surface area contributed by atoms with Gasteiger partial charge in [-0.1, -0.05) is 32.8 Å². The standard InChI is InChI=1S/C13H25NO2/c1-4-16-13(15)9-7-11-14-10-6-5-8-12(2)3/h7,9,12,14H,4-6,8,10-11H2,1-3H3/b9-7+. The lowest BCUT2D eigenvalue weighted by atomic mass is 10.1. The van der Waals surface area contributed by atoms with Crippen LogP contribution in [0.1, 0.15) is 40.0 Å². The molecule has 0 saturated heterocycles. The van der Waals surface area contributed by atoms with Crippen LogP contribution in [0.5, 0.6) is 0 Å². The van der Waals surface area contributed by atoms with E-state index in [-0.39, 0.29) is 5.97 Å². The van der Waals surface area contributed by atoms with E-state index in [1.807, 2.05) is 0 Å². The molecule has 3 heteroatoms. The van der Waals surface area contributed by atoms with Crippen LogP contribution >= 0.6 is 0 Å². The van der Waals surface area contributed by atoms with Crippen LogP contribution in [0.2, 0.25) is 0 Å². The molecular formula is C13H25NO2. The Morgan fingerprint density at radius 3 is 2.75 bits per heavy atom. The van der Waals surface area contributed by atoms with E-state index in [0.29, 0.717) is 6.61 Å². The molecule has 0 atom stereocenters. The summed E-state index contributed by atoms with van der Waals surface area (Å²) in [6.45, 7) is 8.48. The molecule has 1 N–H and O–H groups in total. The minimum Gasteiger partial charge on any atom is -0.463 e. The summed E-state index contributed by atoms with van der Waals surface area (Å²) < 4.78 is 4.76. The molecular weight excluding hydrogens is 202 g/mol. The fourth-order valence-corrected chi connectivity index (χ4v) is 1.33. The number of carbonyl (C=O) groups excluding carboxylic acids is 1. The third-order valence-corrected chi connectivity index (χ3v) is 2.19. The first-order valence-electron chi connectivity index (χ1n) is 6.20. The first kappa shape index (κ1) is 15.2. The van der Waals surface area contributed by atoms with Gasteiger partial charge in [0.2, 0.25) is 0 Å². The fraction of sp³-hybridized carbons (Fsp3) is 0.769. The molecule has 0 amide bonds. The number of unbranched alkanes of at least 4 members (excludes halogenated alkanes) is 1. The van der Waals surface area contributed by atoms with Gasteiger partial charge < -0.3 is 10.1 Å². The molecule has 16 heavy (non-hydrogen) atoms. The number of nitrogens with one attached hydrogen (secondary N) is 1. The van der Waals surface area contributed by atoms with Crippen LogP contribution in [0, 0.1) is 5.92 Å². The second-order valence-electron chi connectivity index (χ2n) is 4.25. The predicted molar refractivity (Wildman–Crippen MR) is 67.3 cm³/mol. The Morgan fingerprint density at radius 1 is 1.38 bits per heavy atom. The maximum Gasteiger partial charge on any atom is 0.330 e. The van der Waals surface area contributed by atoms with Crippen LogP contribution in [-0.4, -0.2) is 25.7 Å². The van der Waals surface area contributed by atoms with E-state index in [4.69, 9.17) is 4.74 Å². The summed E-state index contributed by atoms with van der Waals surface area (Å²) in [6.07, 6.45) is 7.04. The molecule has 94 valence electrons. The van der Waals surface area contributed by atoms with Gasteiger partial charge in [-0.2, -0.15) is 0 Å². The van der Waals surface area contributed by atoms with Crippen LogP contribution < -0.4 is 5.32 Å². The largest absolute Gasteiger partial charge is 0.463 e. The smallest absolute Gasteiger partial charge is 0.330 e. The second kappa shape index (κ2) is 10.7. The van der Waals surface area contributed by atoms with Crippen molar-refractivity contribution in [3.8, 4) is 0 Å². The molecule has 0 unspecified atom stereocenters. The van der Waals surface area contributed by atoms with Gasteiger partial charge in [0, 0.05) is 12.6 Å². The zero-order chi connectivity index (χ0) is 12.2. The van der Waals surface area contributed by atoms with Crippen molar-refractivity contribution in [3.63, 3.8) is 0 Å². The van der Waals surface area contributed by atoms with E-state index in [2.05, 4.69) is 19.2 Å².